The number of rotatable bonds is 15. The number of carboxylic acids is 1. The summed E-state index contributed by atoms with van der Waals surface area (Å²) in [5, 5.41) is 30.7. The van der Waals surface area contributed by atoms with Gasteiger partial charge < -0.3 is 25.0 Å². The van der Waals surface area contributed by atoms with Gasteiger partial charge in [-0.1, -0.05) is 84.9 Å². The average Bonchev–Trinajstić information content (AvgIpc) is 3.15. The Hall–Kier alpha value is -4.52. The quantitative estimate of drug-likeness (QED) is 0.0405. The Labute approximate surface area is 289 Å². The van der Waals surface area contributed by atoms with Gasteiger partial charge in [0.2, 0.25) is 11.8 Å². The first-order chi connectivity index (χ1) is 23.8. The number of hydroxylamine groups is 1. The standard InChI is InChI=1S/C38H40N2O8S/c41-23-25-13-15-27(16-14-25)33-21-30(24-49-34-10-4-3-9-32(34)37(44)45)47-38(48-33)28-19-17-26(18-20-28)31-8-2-1-7-29(31)22-39-35(42)11-5-6-12-36(43)40-46/h1-4,7-10,13-20,30,33,38,41,46H,5-6,11-12,21-24H2,(H,39,42)(H,40,43)(H,44,45). The fraction of sp³-hybridized carbons (Fsp3) is 0.289. The maximum atomic E-state index is 12.4. The monoisotopic (exact) mass is 684 g/mol. The lowest BCUT2D eigenvalue weighted by Crippen LogP contribution is -2.31. The van der Waals surface area contributed by atoms with E-state index in [1.165, 1.54) is 11.8 Å². The molecule has 5 rings (SSSR count). The third kappa shape index (κ3) is 10.0. The largest absolute Gasteiger partial charge is 0.478 e. The number of thioether (sulfide) groups is 1. The first-order valence-corrected chi connectivity index (χ1v) is 17.2. The molecule has 3 atom stereocenters. The van der Waals surface area contributed by atoms with Crippen molar-refractivity contribution in [2.45, 2.75) is 68.6 Å². The second-order valence-electron chi connectivity index (χ2n) is 11.8. The lowest BCUT2D eigenvalue weighted by molar-refractivity contribution is -0.245. The van der Waals surface area contributed by atoms with Gasteiger partial charge >= 0.3 is 5.97 Å². The highest BCUT2D eigenvalue weighted by atomic mass is 32.2. The van der Waals surface area contributed by atoms with Gasteiger partial charge in [-0.2, -0.15) is 0 Å². The smallest absolute Gasteiger partial charge is 0.336 e. The molecule has 3 unspecified atom stereocenters. The number of aromatic carboxylic acids is 1. The molecule has 1 heterocycles. The van der Waals surface area contributed by atoms with Crippen molar-refractivity contribution in [2.24, 2.45) is 0 Å². The third-order valence-electron chi connectivity index (χ3n) is 8.33. The highest BCUT2D eigenvalue weighted by molar-refractivity contribution is 7.99. The fourth-order valence-electron chi connectivity index (χ4n) is 5.66. The molecule has 0 saturated carbocycles. The van der Waals surface area contributed by atoms with Crippen LogP contribution in [0.1, 0.15) is 77.1 Å². The summed E-state index contributed by atoms with van der Waals surface area (Å²) in [5.41, 5.74) is 7.37. The average molecular weight is 685 g/mol. The predicted octanol–water partition coefficient (Wildman–Crippen LogP) is 6.56. The molecule has 1 saturated heterocycles. The fourth-order valence-corrected chi connectivity index (χ4v) is 6.73. The zero-order valence-corrected chi connectivity index (χ0v) is 27.7. The van der Waals surface area contributed by atoms with Gasteiger partial charge in [0.15, 0.2) is 6.29 Å². The number of amides is 2. The minimum atomic E-state index is -0.971. The lowest BCUT2D eigenvalue weighted by atomic mass is 9.97. The number of carboxylic acid groups (broad SMARTS) is 1. The van der Waals surface area contributed by atoms with Crippen molar-refractivity contribution in [2.75, 3.05) is 5.75 Å². The van der Waals surface area contributed by atoms with E-state index in [-0.39, 0.29) is 43.1 Å². The summed E-state index contributed by atoms with van der Waals surface area (Å²) >= 11 is 1.45. The van der Waals surface area contributed by atoms with Gasteiger partial charge in [0.05, 0.1) is 24.4 Å². The molecule has 4 aromatic carbocycles. The van der Waals surface area contributed by atoms with Crippen LogP contribution in [0.4, 0.5) is 0 Å². The van der Waals surface area contributed by atoms with Gasteiger partial charge in [0.25, 0.3) is 0 Å². The lowest BCUT2D eigenvalue weighted by Gasteiger charge is -2.36. The summed E-state index contributed by atoms with van der Waals surface area (Å²) in [5.74, 6) is -1.01. The molecule has 1 aliphatic rings. The molecule has 11 heteroatoms. The molecule has 256 valence electrons. The number of carbonyl (C=O) groups is 3. The summed E-state index contributed by atoms with van der Waals surface area (Å²) in [6.07, 6.45) is 0.903. The zero-order valence-electron chi connectivity index (χ0n) is 26.9. The van der Waals surface area contributed by atoms with Crippen molar-refractivity contribution in [3.05, 3.63) is 125 Å². The van der Waals surface area contributed by atoms with Crippen molar-refractivity contribution in [3.63, 3.8) is 0 Å². The molecule has 5 N–H and O–H groups in total. The number of carbonyl (C=O) groups excluding carboxylic acids is 2. The number of hydrogen-bond donors (Lipinski definition) is 5. The van der Waals surface area contributed by atoms with E-state index in [2.05, 4.69) is 5.32 Å². The Morgan fingerprint density at radius 3 is 2.18 bits per heavy atom. The second kappa shape index (κ2) is 17.8. The molecule has 2 amide bonds. The number of aliphatic hydroxyl groups excluding tert-OH is 1. The van der Waals surface area contributed by atoms with Gasteiger partial charge in [-0.05, 0) is 52.8 Å². The number of ether oxygens (including phenoxy) is 2. The van der Waals surface area contributed by atoms with Crippen LogP contribution in [0.25, 0.3) is 11.1 Å². The third-order valence-corrected chi connectivity index (χ3v) is 9.53. The predicted molar refractivity (Wildman–Crippen MR) is 185 cm³/mol. The minimum absolute atomic E-state index is 0.0466. The summed E-state index contributed by atoms with van der Waals surface area (Å²) in [7, 11) is 0. The van der Waals surface area contributed by atoms with E-state index >= 15 is 0 Å². The Balaban J connectivity index is 1.28. The minimum Gasteiger partial charge on any atom is -0.478 e. The number of nitrogens with one attached hydrogen (secondary N) is 2. The molecule has 4 aromatic rings. The normalized spacial score (nSPS) is 17.3. The highest BCUT2D eigenvalue weighted by Crippen LogP contribution is 2.40. The number of unbranched alkanes of at least 4 members (excludes halogenated alkanes) is 1. The van der Waals surface area contributed by atoms with E-state index in [0.717, 1.165) is 33.4 Å². The van der Waals surface area contributed by atoms with Gasteiger partial charge in [0.1, 0.15) is 0 Å². The molecular formula is C38H40N2O8S. The number of aliphatic hydroxyl groups is 1. The first-order valence-electron chi connectivity index (χ1n) is 16.2. The second-order valence-corrected chi connectivity index (χ2v) is 12.8. The van der Waals surface area contributed by atoms with E-state index in [4.69, 9.17) is 14.7 Å². The first kappa shape index (κ1) is 35.8. The van der Waals surface area contributed by atoms with Crippen molar-refractivity contribution in [3.8, 4) is 11.1 Å². The van der Waals surface area contributed by atoms with Crippen LogP contribution in [-0.2, 0) is 32.2 Å². The van der Waals surface area contributed by atoms with E-state index < -0.39 is 18.2 Å². The summed E-state index contributed by atoms with van der Waals surface area (Å²) in [6.45, 7) is 0.304. The summed E-state index contributed by atoms with van der Waals surface area (Å²) in [4.78, 5) is 36.0. The molecule has 49 heavy (non-hydrogen) atoms. The Bertz CT molecular complexity index is 1710. The van der Waals surface area contributed by atoms with Crippen LogP contribution in [0.2, 0.25) is 0 Å². The SMILES string of the molecule is O=C(CCCCC(=O)NCc1ccccc1-c1ccc(C2OC(CSc3ccccc3C(=O)O)CC(c3ccc(CO)cc3)O2)cc1)NO. The van der Waals surface area contributed by atoms with Crippen molar-refractivity contribution >= 4 is 29.5 Å². The van der Waals surface area contributed by atoms with Gasteiger partial charge in [-0.3, -0.25) is 14.8 Å². The Morgan fingerprint density at radius 2 is 1.47 bits per heavy atom. The number of benzene rings is 4. The Morgan fingerprint density at radius 1 is 0.796 bits per heavy atom. The maximum absolute atomic E-state index is 12.4. The molecule has 1 aliphatic heterocycles. The van der Waals surface area contributed by atoms with Gasteiger partial charge in [-0.15, -0.1) is 11.8 Å². The molecule has 0 aliphatic carbocycles. The van der Waals surface area contributed by atoms with Crippen molar-refractivity contribution in [1.29, 1.82) is 0 Å². The molecule has 10 nitrogen and oxygen atoms in total. The van der Waals surface area contributed by atoms with Crippen LogP contribution in [0, 0.1) is 0 Å². The van der Waals surface area contributed by atoms with Crippen molar-refractivity contribution < 1.29 is 39.3 Å². The van der Waals surface area contributed by atoms with E-state index in [0.29, 0.717) is 36.5 Å². The molecule has 1 fully saturated rings. The molecule has 0 bridgehead atoms. The highest BCUT2D eigenvalue weighted by Gasteiger charge is 2.32. The van der Waals surface area contributed by atoms with E-state index in [1.807, 2.05) is 78.9 Å². The maximum Gasteiger partial charge on any atom is 0.336 e. The van der Waals surface area contributed by atoms with Crippen LogP contribution in [0.3, 0.4) is 0 Å². The van der Waals surface area contributed by atoms with Crippen LogP contribution < -0.4 is 10.8 Å². The van der Waals surface area contributed by atoms with Gasteiger partial charge in [0, 0.05) is 42.0 Å². The van der Waals surface area contributed by atoms with Crippen LogP contribution in [0.15, 0.2) is 102 Å². The van der Waals surface area contributed by atoms with Crippen molar-refractivity contribution in [1.82, 2.24) is 10.8 Å². The van der Waals surface area contributed by atoms with E-state index in [9.17, 15) is 24.6 Å². The van der Waals surface area contributed by atoms with Crippen LogP contribution in [-0.4, -0.2) is 45.1 Å². The number of hydrogen-bond acceptors (Lipinski definition) is 8. The summed E-state index contributed by atoms with van der Waals surface area (Å²) in [6, 6.07) is 30.4. The van der Waals surface area contributed by atoms with Gasteiger partial charge in [-0.25, -0.2) is 10.3 Å². The molecule has 0 spiro atoms. The molecule has 0 radical (unpaired) electrons. The molecule has 0 aromatic heterocycles. The van der Waals surface area contributed by atoms with E-state index in [1.54, 1.807) is 23.7 Å². The van der Waals surface area contributed by atoms with Crippen LogP contribution >= 0.6 is 11.8 Å². The zero-order chi connectivity index (χ0) is 34.6. The topological polar surface area (TPSA) is 154 Å². The van der Waals surface area contributed by atoms with Crippen LogP contribution in [0.5, 0.6) is 0 Å². The summed E-state index contributed by atoms with van der Waals surface area (Å²) < 4.78 is 13.0. The molecular weight excluding hydrogens is 644 g/mol. The Kier molecular flexibility index (Phi) is 13.0.